The fraction of sp³-hybridized carbons (Fsp3) is 0.600. The number of aliphatic hydroxyl groups is 1. The van der Waals surface area contributed by atoms with Crippen LogP contribution in [0.15, 0.2) is 12.3 Å². The molecule has 156 valence electrons. The van der Waals surface area contributed by atoms with Gasteiger partial charge in [-0.05, 0) is 13.8 Å². The summed E-state index contributed by atoms with van der Waals surface area (Å²) in [6, 6.07) is 0.856. The molecule has 2 atom stereocenters. The van der Waals surface area contributed by atoms with Gasteiger partial charge in [0.2, 0.25) is 11.5 Å². The van der Waals surface area contributed by atoms with Crippen LogP contribution in [-0.2, 0) is 16.9 Å². The summed E-state index contributed by atoms with van der Waals surface area (Å²) >= 11 is 0. The first-order chi connectivity index (χ1) is 12.8. The number of imidazole rings is 1. The van der Waals surface area contributed by atoms with Gasteiger partial charge in [-0.1, -0.05) is 0 Å². The van der Waals surface area contributed by atoms with Crippen LogP contribution in [-0.4, -0.2) is 50.2 Å². The fourth-order valence-corrected chi connectivity index (χ4v) is 2.93. The van der Waals surface area contributed by atoms with Crippen molar-refractivity contribution in [3.63, 3.8) is 0 Å². The number of ether oxygens (including phenoxy) is 2. The monoisotopic (exact) mass is 414 g/mol. The molecular formula is C15H16F6N4O3. The van der Waals surface area contributed by atoms with E-state index in [9.17, 15) is 31.4 Å². The maximum Gasteiger partial charge on any atom is 0.522 e. The minimum absolute atomic E-state index is 0.00763. The van der Waals surface area contributed by atoms with Crippen molar-refractivity contribution >= 4 is 0 Å². The van der Waals surface area contributed by atoms with Crippen molar-refractivity contribution in [2.75, 3.05) is 13.2 Å². The molecule has 7 nitrogen and oxygen atoms in total. The third kappa shape index (κ3) is 3.68. The highest BCUT2D eigenvalue weighted by atomic mass is 19.4. The van der Waals surface area contributed by atoms with Crippen molar-refractivity contribution in [2.45, 2.75) is 44.6 Å². The molecule has 2 aromatic rings. The number of nitrogens with zero attached hydrogens (tertiary/aromatic N) is 4. The molecular weight excluding hydrogens is 398 g/mol. The number of aromatic nitrogens is 4. The molecule has 13 heteroatoms. The number of hydrogen-bond donors (Lipinski definition) is 1. The summed E-state index contributed by atoms with van der Waals surface area (Å²) in [5.41, 5.74) is -2.52. The molecule has 0 saturated carbocycles. The van der Waals surface area contributed by atoms with E-state index in [-0.39, 0.29) is 18.1 Å². The van der Waals surface area contributed by atoms with Crippen molar-refractivity contribution in [3.05, 3.63) is 18.1 Å². The summed E-state index contributed by atoms with van der Waals surface area (Å²) in [5.74, 6) is -0.567. The second kappa shape index (κ2) is 6.65. The number of halogens is 6. The summed E-state index contributed by atoms with van der Waals surface area (Å²) < 4.78 is 86.9. The van der Waals surface area contributed by atoms with Crippen LogP contribution in [0.4, 0.5) is 26.3 Å². The molecule has 0 unspecified atom stereocenters. The van der Waals surface area contributed by atoms with Gasteiger partial charge in [0.05, 0.1) is 36.8 Å². The van der Waals surface area contributed by atoms with Crippen LogP contribution < -0.4 is 4.74 Å². The van der Waals surface area contributed by atoms with Crippen LogP contribution >= 0.6 is 0 Å². The molecule has 28 heavy (non-hydrogen) atoms. The van der Waals surface area contributed by atoms with E-state index in [2.05, 4.69) is 14.8 Å². The molecule has 3 rings (SSSR count). The highest BCUT2D eigenvalue weighted by molar-refractivity contribution is 5.58. The second-order valence-corrected chi connectivity index (χ2v) is 6.45. The zero-order chi connectivity index (χ0) is 20.9. The molecule has 1 N–H and O–H groups in total. The molecule has 0 aliphatic carbocycles. The Bertz CT molecular complexity index is 855. The topological polar surface area (TPSA) is 74.3 Å². The maximum absolute atomic E-state index is 13.2. The van der Waals surface area contributed by atoms with Gasteiger partial charge in [-0.15, -0.1) is 18.3 Å². The van der Waals surface area contributed by atoms with Gasteiger partial charge in [-0.3, -0.25) is 9.42 Å². The molecule has 1 aliphatic rings. The Hall–Kier alpha value is -2.28. The quantitative estimate of drug-likeness (QED) is 0.602. The largest absolute Gasteiger partial charge is 0.522 e. The molecule has 0 radical (unpaired) electrons. The fourth-order valence-electron chi connectivity index (χ4n) is 2.93. The molecule has 0 amide bonds. The Morgan fingerprint density at radius 3 is 2.46 bits per heavy atom. The Morgan fingerprint density at radius 1 is 1.18 bits per heavy atom. The Morgan fingerprint density at radius 2 is 1.86 bits per heavy atom. The van der Waals surface area contributed by atoms with Crippen LogP contribution in [0.5, 0.6) is 5.88 Å². The summed E-state index contributed by atoms with van der Waals surface area (Å²) in [6.45, 7) is 1.25. The van der Waals surface area contributed by atoms with Gasteiger partial charge in [0.25, 0.3) is 0 Å². The first-order valence-electron chi connectivity index (χ1n) is 8.10. The molecule has 0 spiro atoms. The Labute approximate surface area is 154 Å². The zero-order valence-corrected chi connectivity index (χ0v) is 14.7. The number of fused-ring (bicyclic) bond motifs is 3. The van der Waals surface area contributed by atoms with Crippen molar-refractivity contribution in [1.82, 2.24) is 19.3 Å². The average Bonchev–Trinajstić information content (AvgIpc) is 3.13. The van der Waals surface area contributed by atoms with Gasteiger partial charge in [-0.25, -0.2) is 4.98 Å². The Balaban J connectivity index is 1.85. The minimum atomic E-state index is -4.93. The Kier molecular flexibility index (Phi) is 4.86. The van der Waals surface area contributed by atoms with Gasteiger partial charge in [0, 0.05) is 6.07 Å². The van der Waals surface area contributed by atoms with E-state index in [4.69, 9.17) is 4.74 Å². The van der Waals surface area contributed by atoms with Crippen molar-refractivity contribution in [1.29, 1.82) is 0 Å². The lowest BCUT2D eigenvalue weighted by Gasteiger charge is -2.31. The van der Waals surface area contributed by atoms with Crippen molar-refractivity contribution < 1.29 is 40.9 Å². The number of rotatable bonds is 5. The lowest BCUT2D eigenvalue weighted by Crippen LogP contribution is -2.42. The number of hydrogen-bond acceptors (Lipinski definition) is 5. The summed E-state index contributed by atoms with van der Waals surface area (Å²) in [4.78, 5) is 3.76. The maximum atomic E-state index is 13.2. The van der Waals surface area contributed by atoms with Crippen molar-refractivity contribution in [2.24, 2.45) is 0 Å². The van der Waals surface area contributed by atoms with E-state index in [0.717, 1.165) is 0 Å². The van der Waals surface area contributed by atoms with Crippen LogP contribution in [0.25, 0.3) is 11.4 Å². The van der Waals surface area contributed by atoms with E-state index in [0.29, 0.717) is 12.6 Å². The van der Waals surface area contributed by atoms with E-state index in [1.54, 1.807) is 6.92 Å². The van der Waals surface area contributed by atoms with Gasteiger partial charge in [0.1, 0.15) is 6.61 Å². The lowest BCUT2D eigenvalue weighted by atomic mass is 10.0. The first kappa shape index (κ1) is 20.5. The normalized spacial score (nSPS) is 19.1. The van der Waals surface area contributed by atoms with Crippen LogP contribution in [0.2, 0.25) is 0 Å². The zero-order valence-electron chi connectivity index (χ0n) is 14.7. The first-order valence-corrected chi connectivity index (χ1v) is 8.10. The SMILES string of the molecule is C[C@H]1Cn2nc(OCCOC(F)(F)F)cc2-c2cnc([C@@](C)(O)C(F)(F)F)n21. The van der Waals surface area contributed by atoms with E-state index < -0.39 is 43.2 Å². The van der Waals surface area contributed by atoms with Crippen LogP contribution in [0.1, 0.15) is 25.7 Å². The molecule has 0 aromatic carbocycles. The van der Waals surface area contributed by atoms with Gasteiger partial charge < -0.3 is 14.4 Å². The van der Waals surface area contributed by atoms with Crippen molar-refractivity contribution in [3.8, 4) is 17.3 Å². The predicted octanol–water partition coefficient (Wildman–Crippen LogP) is 3.01. The summed E-state index contributed by atoms with van der Waals surface area (Å²) in [7, 11) is 0. The standard InChI is InChI=1S/C15H16F6N4O3/c1-8-7-24-9(5-11(23-24)27-3-4-28-15(19,20)21)10-6-22-12(25(8)10)13(2,26)14(16,17)18/h5-6,8,26H,3-4,7H2,1-2H3/t8-,13+/m0/s1. The van der Waals surface area contributed by atoms with E-state index in [1.165, 1.54) is 21.5 Å². The molecule has 3 heterocycles. The van der Waals surface area contributed by atoms with Crippen LogP contribution in [0, 0.1) is 0 Å². The third-order valence-electron chi connectivity index (χ3n) is 4.28. The molecule has 0 saturated heterocycles. The second-order valence-electron chi connectivity index (χ2n) is 6.45. The highest BCUT2D eigenvalue weighted by Gasteiger charge is 2.55. The third-order valence-corrected chi connectivity index (χ3v) is 4.28. The summed E-state index contributed by atoms with van der Waals surface area (Å²) in [5, 5.41) is 14.1. The van der Waals surface area contributed by atoms with Gasteiger partial charge in [0.15, 0.2) is 5.82 Å². The lowest BCUT2D eigenvalue weighted by molar-refractivity contribution is -0.325. The predicted molar refractivity (Wildman–Crippen MR) is 81.3 cm³/mol. The number of alkyl halides is 6. The van der Waals surface area contributed by atoms with Gasteiger partial charge in [-0.2, -0.15) is 13.2 Å². The smallest absolute Gasteiger partial charge is 0.474 e. The van der Waals surface area contributed by atoms with E-state index >= 15 is 0 Å². The molecule has 0 fully saturated rings. The van der Waals surface area contributed by atoms with Gasteiger partial charge >= 0.3 is 12.5 Å². The molecule has 1 aliphatic heterocycles. The molecule has 0 bridgehead atoms. The summed E-state index contributed by atoms with van der Waals surface area (Å²) in [6.07, 6.45) is -8.53. The van der Waals surface area contributed by atoms with E-state index in [1.807, 2.05) is 0 Å². The highest BCUT2D eigenvalue weighted by Crippen LogP contribution is 2.42. The molecule has 2 aromatic heterocycles. The minimum Gasteiger partial charge on any atom is -0.474 e. The van der Waals surface area contributed by atoms with Crippen LogP contribution in [0.3, 0.4) is 0 Å². The average molecular weight is 414 g/mol.